The number of ether oxygens (including phenoxy) is 1. The Hall–Kier alpha value is -1.81. The van der Waals surface area contributed by atoms with Crippen LogP contribution in [0.1, 0.15) is 29.0 Å². The van der Waals surface area contributed by atoms with Crippen LogP contribution in [0.25, 0.3) is 0 Å². The minimum Gasteiger partial charge on any atom is -0.484 e. The van der Waals surface area contributed by atoms with Crippen LogP contribution in [0.2, 0.25) is 0 Å². The van der Waals surface area contributed by atoms with Crippen molar-refractivity contribution in [2.45, 2.75) is 26.8 Å². The molecule has 0 aliphatic heterocycles. The smallest absolute Gasteiger partial charge is 0.258 e. The van der Waals surface area contributed by atoms with Gasteiger partial charge >= 0.3 is 0 Å². The van der Waals surface area contributed by atoms with Gasteiger partial charge in [-0.05, 0) is 55.5 Å². The van der Waals surface area contributed by atoms with E-state index in [-0.39, 0.29) is 18.6 Å². The highest BCUT2D eigenvalue weighted by Gasteiger charge is 2.10. The van der Waals surface area contributed by atoms with Gasteiger partial charge in [0.05, 0.1) is 6.04 Å². The van der Waals surface area contributed by atoms with Gasteiger partial charge in [0.2, 0.25) is 0 Å². The third-order valence-electron chi connectivity index (χ3n) is 2.91. The summed E-state index contributed by atoms with van der Waals surface area (Å²) in [7, 11) is 0. The van der Waals surface area contributed by atoms with Crippen LogP contribution in [0, 0.1) is 13.8 Å². The highest BCUT2D eigenvalue weighted by atomic mass is 32.1. The number of amides is 1. The number of nitrogens with one attached hydrogen (secondary N) is 1. The van der Waals surface area contributed by atoms with E-state index < -0.39 is 0 Å². The Morgan fingerprint density at radius 2 is 2.00 bits per heavy atom. The average Bonchev–Trinajstić information content (AvgIpc) is 2.89. The number of aryl methyl sites for hydroxylation is 2. The van der Waals surface area contributed by atoms with Gasteiger partial charge < -0.3 is 10.1 Å². The summed E-state index contributed by atoms with van der Waals surface area (Å²) in [4.78, 5) is 13.0. The molecule has 1 atom stereocenters. The van der Waals surface area contributed by atoms with Crippen molar-refractivity contribution in [2.24, 2.45) is 0 Å². The molecule has 0 spiro atoms. The Bertz CT molecular complexity index is 558. The summed E-state index contributed by atoms with van der Waals surface area (Å²) < 4.78 is 5.54. The Kier molecular flexibility index (Phi) is 4.79. The first kappa shape index (κ1) is 14.6. The fourth-order valence-electron chi connectivity index (χ4n) is 2.06. The molecule has 0 radical (unpaired) electrons. The van der Waals surface area contributed by atoms with Gasteiger partial charge in [-0.25, -0.2) is 0 Å². The molecule has 4 heteroatoms. The maximum absolute atomic E-state index is 11.9. The second-order valence-electron chi connectivity index (χ2n) is 4.92. The molecule has 1 aromatic carbocycles. The van der Waals surface area contributed by atoms with E-state index in [9.17, 15) is 4.79 Å². The normalized spacial score (nSPS) is 11.9. The van der Waals surface area contributed by atoms with Crippen molar-refractivity contribution in [2.75, 3.05) is 6.61 Å². The van der Waals surface area contributed by atoms with Gasteiger partial charge in [0.25, 0.3) is 5.91 Å². The van der Waals surface area contributed by atoms with E-state index in [2.05, 4.69) is 11.4 Å². The molecule has 0 unspecified atom stereocenters. The fraction of sp³-hybridized carbons (Fsp3) is 0.312. The number of benzene rings is 1. The lowest BCUT2D eigenvalue weighted by Crippen LogP contribution is -2.30. The van der Waals surface area contributed by atoms with E-state index in [1.807, 2.05) is 50.4 Å². The average molecular weight is 289 g/mol. The van der Waals surface area contributed by atoms with Crippen molar-refractivity contribution in [3.63, 3.8) is 0 Å². The summed E-state index contributed by atoms with van der Waals surface area (Å²) >= 11 is 1.64. The monoisotopic (exact) mass is 289 g/mol. The van der Waals surface area contributed by atoms with Crippen LogP contribution in [0.4, 0.5) is 0 Å². The second kappa shape index (κ2) is 6.57. The van der Waals surface area contributed by atoms with Crippen LogP contribution in [0.5, 0.6) is 5.75 Å². The quantitative estimate of drug-likeness (QED) is 0.913. The van der Waals surface area contributed by atoms with Crippen LogP contribution in [0.15, 0.2) is 35.7 Å². The second-order valence-corrected chi connectivity index (χ2v) is 5.90. The van der Waals surface area contributed by atoms with Crippen LogP contribution in [0.3, 0.4) is 0 Å². The van der Waals surface area contributed by atoms with Gasteiger partial charge in [-0.15, -0.1) is 11.3 Å². The summed E-state index contributed by atoms with van der Waals surface area (Å²) in [6.07, 6.45) is 0. The zero-order chi connectivity index (χ0) is 14.5. The van der Waals surface area contributed by atoms with E-state index >= 15 is 0 Å². The lowest BCUT2D eigenvalue weighted by molar-refractivity contribution is -0.123. The molecule has 20 heavy (non-hydrogen) atoms. The lowest BCUT2D eigenvalue weighted by Gasteiger charge is -2.13. The Balaban J connectivity index is 1.86. The summed E-state index contributed by atoms with van der Waals surface area (Å²) in [6.45, 7) is 6.04. The molecule has 1 aromatic heterocycles. The summed E-state index contributed by atoms with van der Waals surface area (Å²) in [5, 5.41) is 4.93. The number of hydrogen-bond acceptors (Lipinski definition) is 3. The minimum absolute atomic E-state index is 0.0188. The maximum Gasteiger partial charge on any atom is 0.258 e. The van der Waals surface area contributed by atoms with Gasteiger partial charge in [-0.3, -0.25) is 4.79 Å². The highest BCUT2D eigenvalue weighted by molar-refractivity contribution is 7.10. The Labute approximate surface area is 123 Å². The number of carbonyl (C=O) groups excluding carboxylic acids is 1. The predicted molar refractivity (Wildman–Crippen MR) is 82.3 cm³/mol. The number of rotatable bonds is 5. The number of thiophene rings is 1. The van der Waals surface area contributed by atoms with Crippen molar-refractivity contribution < 1.29 is 9.53 Å². The zero-order valence-electron chi connectivity index (χ0n) is 12.0. The van der Waals surface area contributed by atoms with Crippen LogP contribution < -0.4 is 10.1 Å². The summed E-state index contributed by atoms with van der Waals surface area (Å²) in [6, 6.07) is 9.96. The van der Waals surface area contributed by atoms with Gasteiger partial charge in [0.1, 0.15) is 5.75 Å². The molecule has 1 heterocycles. The van der Waals surface area contributed by atoms with Gasteiger partial charge in [0.15, 0.2) is 6.61 Å². The molecule has 0 aliphatic rings. The molecule has 0 saturated heterocycles. The van der Waals surface area contributed by atoms with Crippen molar-refractivity contribution in [3.8, 4) is 5.75 Å². The van der Waals surface area contributed by atoms with E-state index in [0.717, 1.165) is 21.8 Å². The first-order valence-corrected chi connectivity index (χ1v) is 7.46. The lowest BCUT2D eigenvalue weighted by atomic mass is 10.1. The van der Waals surface area contributed by atoms with E-state index in [1.54, 1.807) is 11.3 Å². The molecule has 2 rings (SSSR count). The third-order valence-corrected chi connectivity index (χ3v) is 3.97. The maximum atomic E-state index is 11.9. The topological polar surface area (TPSA) is 38.3 Å². The number of hydrogen-bond donors (Lipinski definition) is 1. The van der Waals surface area contributed by atoms with E-state index in [4.69, 9.17) is 4.74 Å². The molecule has 0 bridgehead atoms. The zero-order valence-corrected chi connectivity index (χ0v) is 12.8. The largest absolute Gasteiger partial charge is 0.484 e. The molecule has 0 fully saturated rings. The number of carbonyl (C=O) groups is 1. The van der Waals surface area contributed by atoms with Gasteiger partial charge in [-0.1, -0.05) is 12.1 Å². The summed E-state index contributed by atoms with van der Waals surface area (Å²) in [5.41, 5.74) is 2.26. The predicted octanol–water partition coefficient (Wildman–Crippen LogP) is 3.62. The summed E-state index contributed by atoms with van der Waals surface area (Å²) in [5.74, 6) is 0.631. The molecular formula is C16H19NO2S. The molecule has 3 nitrogen and oxygen atoms in total. The van der Waals surface area contributed by atoms with Crippen LogP contribution in [-0.2, 0) is 4.79 Å². The molecule has 0 saturated carbocycles. The minimum atomic E-state index is -0.106. The molecule has 1 N–H and O–H groups in total. The van der Waals surface area contributed by atoms with Crippen LogP contribution in [-0.4, -0.2) is 12.5 Å². The molecular weight excluding hydrogens is 270 g/mol. The highest BCUT2D eigenvalue weighted by Crippen LogP contribution is 2.18. The van der Waals surface area contributed by atoms with Gasteiger partial charge in [0, 0.05) is 4.88 Å². The van der Waals surface area contributed by atoms with E-state index in [1.165, 1.54) is 0 Å². The van der Waals surface area contributed by atoms with Crippen LogP contribution >= 0.6 is 11.3 Å². The Morgan fingerprint density at radius 1 is 1.30 bits per heavy atom. The van der Waals surface area contributed by atoms with Crippen molar-refractivity contribution in [1.29, 1.82) is 0 Å². The Morgan fingerprint density at radius 3 is 2.60 bits per heavy atom. The van der Waals surface area contributed by atoms with Crippen molar-refractivity contribution in [3.05, 3.63) is 51.7 Å². The fourth-order valence-corrected chi connectivity index (χ4v) is 2.79. The van der Waals surface area contributed by atoms with E-state index in [0.29, 0.717) is 0 Å². The van der Waals surface area contributed by atoms with Crippen molar-refractivity contribution in [1.82, 2.24) is 5.32 Å². The standard InChI is InChI=1S/C16H19NO2S/c1-11-7-12(2)9-14(8-11)19-10-16(18)17-13(3)15-5-4-6-20-15/h4-9,13H,10H2,1-3H3,(H,17,18)/t13-/m0/s1. The third kappa shape index (κ3) is 4.10. The molecule has 1 amide bonds. The molecule has 0 aliphatic carbocycles. The van der Waals surface area contributed by atoms with Crippen molar-refractivity contribution >= 4 is 17.2 Å². The SMILES string of the molecule is Cc1cc(C)cc(OCC(=O)N[C@@H](C)c2cccs2)c1. The molecule has 2 aromatic rings. The first-order chi connectivity index (χ1) is 9.54. The molecule has 106 valence electrons. The van der Waals surface area contributed by atoms with Gasteiger partial charge in [-0.2, -0.15) is 0 Å². The first-order valence-electron chi connectivity index (χ1n) is 6.58.